The van der Waals surface area contributed by atoms with Gasteiger partial charge in [-0.25, -0.2) is 0 Å². The summed E-state index contributed by atoms with van der Waals surface area (Å²) in [6.07, 6.45) is 1.30. The predicted octanol–water partition coefficient (Wildman–Crippen LogP) is 2.49. The fourth-order valence-electron chi connectivity index (χ4n) is 2.40. The summed E-state index contributed by atoms with van der Waals surface area (Å²) in [7, 11) is 0. The average Bonchev–Trinajstić information content (AvgIpc) is 2.88. The SMILES string of the molecule is O=C(CN1CCCC1C(=O)O)Nc1ccc(SC(F)F)cc1. The van der Waals surface area contributed by atoms with Crippen LogP contribution in [0, 0.1) is 0 Å². The number of anilines is 1. The molecule has 22 heavy (non-hydrogen) atoms. The van der Waals surface area contributed by atoms with Crippen molar-refractivity contribution >= 4 is 29.3 Å². The van der Waals surface area contributed by atoms with Crippen molar-refractivity contribution in [1.82, 2.24) is 4.90 Å². The van der Waals surface area contributed by atoms with Crippen LogP contribution in [0.25, 0.3) is 0 Å². The van der Waals surface area contributed by atoms with E-state index >= 15 is 0 Å². The molecule has 1 heterocycles. The van der Waals surface area contributed by atoms with E-state index < -0.39 is 17.8 Å². The van der Waals surface area contributed by atoms with Crippen LogP contribution >= 0.6 is 11.8 Å². The monoisotopic (exact) mass is 330 g/mol. The molecule has 8 heteroatoms. The highest BCUT2D eigenvalue weighted by Gasteiger charge is 2.31. The van der Waals surface area contributed by atoms with Gasteiger partial charge in [0.25, 0.3) is 5.76 Å². The first-order valence-corrected chi connectivity index (χ1v) is 7.65. The Morgan fingerprint density at radius 1 is 1.36 bits per heavy atom. The number of carbonyl (C=O) groups excluding carboxylic acids is 1. The molecule has 0 aromatic heterocycles. The number of benzene rings is 1. The largest absolute Gasteiger partial charge is 0.480 e. The highest BCUT2D eigenvalue weighted by atomic mass is 32.2. The standard InChI is InChI=1S/C14H16F2N2O3S/c15-14(16)22-10-5-3-9(4-6-10)17-12(19)8-18-7-1-2-11(18)13(20)21/h3-6,11,14H,1-2,7-8H2,(H,17,19)(H,20,21). The van der Waals surface area contributed by atoms with Gasteiger partial charge in [0.05, 0.1) is 6.54 Å². The quantitative estimate of drug-likeness (QED) is 0.784. The van der Waals surface area contributed by atoms with Gasteiger partial charge in [-0.1, -0.05) is 11.8 Å². The Morgan fingerprint density at radius 2 is 2.05 bits per heavy atom. The van der Waals surface area contributed by atoms with Crippen molar-refractivity contribution in [2.45, 2.75) is 29.5 Å². The Balaban J connectivity index is 1.88. The molecule has 0 radical (unpaired) electrons. The molecule has 0 bridgehead atoms. The summed E-state index contributed by atoms with van der Waals surface area (Å²) in [5.41, 5.74) is 0.495. The first-order valence-electron chi connectivity index (χ1n) is 6.77. The van der Waals surface area contributed by atoms with Crippen LogP contribution in [0.1, 0.15) is 12.8 Å². The molecular weight excluding hydrogens is 314 g/mol. The average molecular weight is 330 g/mol. The number of rotatable bonds is 6. The van der Waals surface area contributed by atoms with Crippen LogP contribution in [-0.4, -0.2) is 46.8 Å². The van der Waals surface area contributed by atoms with Crippen LogP contribution in [-0.2, 0) is 9.59 Å². The molecular formula is C14H16F2N2O3S. The van der Waals surface area contributed by atoms with Crippen LogP contribution in [0.5, 0.6) is 0 Å². The van der Waals surface area contributed by atoms with Crippen LogP contribution in [0.15, 0.2) is 29.2 Å². The van der Waals surface area contributed by atoms with E-state index in [2.05, 4.69) is 5.32 Å². The molecule has 1 fully saturated rings. The van der Waals surface area contributed by atoms with Crippen LogP contribution in [0.2, 0.25) is 0 Å². The number of nitrogens with one attached hydrogen (secondary N) is 1. The number of carboxylic acid groups (broad SMARTS) is 1. The minimum Gasteiger partial charge on any atom is -0.480 e. The fourth-order valence-corrected chi connectivity index (χ4v) is 2.90. The highest BCUT2D eigenvalue weighted by molar-refractivity contribution is 7.99. The Labute approximate surface area is 130 Å². The van der Waals surface area contributed by atoms with Gasteiger partial charge in [0.1, 0.15) is 6.04 Å². The third kappa shape index (κ3) is 4.67. The van der Waals surface area contributed by atoms with Gasteiger partial charge in [-0.2, -0.15) is 8.78 Å². The summed E-state index contributed by atoms with van der Waals surface area (Å²) < 4.78 is 24.4. The first-order chi connectivity index (χ1) is 10.5. The Hall–Kier alpha value is -1.67. The van der Waals surface area contributed by atoms with Gasteiger partial charge in [-0.3, -0.25) is 14.5 Å². The van der Waals surface area contributed by atoms with E-state index in [1.54, 1.807) is 17.0 Å². The smallest absolute Gasteiger partial charge is 0.320 e. The Morgan fingerprint density at radius 3 is 2.64 bits per heavy atom. The van der Waals surface area contributed by atoms with Crippen molar-refractivity contribution in [3.05, 3.63) is 24.3 Å². The number of thioether (sulfide) groups is 1. The van der Waals surface area contributed by atoms with Crippen molar-refractivity contribution in [2.24, 2.45) is 0 Å². The maximum atomic E-state index is 12.2. The zero-order valence-electron chi connectivity index (χ0n) is 11.7. The lowest BCUT2D eigenvalue weighted by Gasteiger charge is -2.20. The normalized spacial score (nSPS) is 18.6. The van der Waals surface area contributed by atoms with Gasteiger partial charge in [0.2, 0.25) is 5.91 Å². The number of hydrogen-bond acceptors (Lipinski definition) is 4. The summed E-state index contributed by atoms with van der Waals surface area (Å²) in [4.78, 5) is 25.0. The van der Waals surface area contributed by atoms with Gasteiger partial charge in [0, 0.05) is 10.6 Å². The zero-order valence-corrected chi connectivity index (χ0v) is 12.5. The van der Waals surface area contributed by atoms with E-state index in [1.807, 2.05) is 0 Å². The number of amides is 1. The topological polar surface area (TPSA) is 69.6 Å². The van der Waals surface area contributed by atoms with E-state index in [4.69, 9.17) is 5.11 Å². The Bertz CT molecular complexity index is 539. The summed E-state index contributed by atoms with van der Waals surface area (Å²) in [6.45, 7) is 0.582. The van der Waals surface area contributed by atoms with E-state index in [1.165, 1.54) is 12.1 Å². The number of carbonyl (C=O) groups is 2. The maximum absolute atomic E-state index is 12.2. The lowest BCUT2D eigenvalue weighted by Crippen LogP contribution is -2.40. The summed E-state index contributed by atoms with van der Waals surface area (Å²) in [5, 5.41) is 11.7. The molecule has 1 saturated heterocycles. The molecule has 2 rings (SSSR count). The lowest BCUT2D eigenvalue weighted by atomic mass is 10.2. The van der Waals surface area contributed by atoms with Crippen LogP contribution in [0.4, 0.5) is 14.5 Å². The molecule has 1 aromatic rings. The summed E-state index contributed by atoms with van der Waals surface area (Å²) in [5.74, 6) is -3.72. The van der Waals surface area contributed by atoms with Gasteiger partial charge in [-0.05, 0) is 43.7 Å². The van der Waals surface area contributed by atoms with Gasteiger partial charge < -0.3 is 10.4 Å². The molecule has 1 amide bonds. The van der Waals surface area contributed by atoms with Crippen molar-refractivity contribution in [2.75, 3.05) is 18.4 Å². The van der Waals surface area contributed by atoms with Gasteiger partial charge in [0.15, 0.2) is 0 Å². The van der Waals surface area contributed by atoms with Gasteiger partial charge in [-0.15, -0.1) is 0 Å². The molecule has 0 saturated carbocycles. The zero-order chi connectivity index (χ0) is 16.1. The number of carboxylic acids is 1. The molecule has 5 nitrogen and oxygen atoms in total. The second-order valence-electron chi connectivity index (χ2n) is 4.92. The number of halogens is 2. The molecule has 2 N–H and O–H groups in total. The van der Waals surface area contributed by atoms with E-state index in [0.29, 0.717) is 35.3 Å². The fraction of sp³-hybridized carbons (Fsp3) is 0.429. The molecule has 0 aliphatic carbocycles. The van der Waals surface area contributed by atoms with Crippen molar-refractivity contribution in [3.8, 4) is 0 Å². The third-order valence-electron chi connectivity index (χ3n) is 3.36. The van der Waals surface area contributed by atoms with E-state index in [9.17, 15) is 18.4 Å². The van der Waals surface area contributed by atoms with E-state index in [0.717, 1.165) is 6.42 Å². The predicted molar refractivity (Wildman–Crippen MR) is 79.2 cm³/mol. The number of alkyl halides is 2. The third-order valence-corrected chi connectivity index (χ3v) is 4.08. The number of hydrogen-bond donors (Lipinski definition) is 2. The number of aliphatic carboxylic acids is 1. The number of nitrogens with zero attached hydrogens (tertiary/aromatic N) is 1. The molecule has 120 valence electrons. The van der Waals surface area contributed by atoms with Crippen LogP contribution in [0.3, 0.4) is 0 Å². The van der Waals surface area contributed by atoms with Crippen molar-refractivity contribution in [3.63, 3.8) is 0 Å². The number of likely N-dealkylation sites (tertiary alicyclic amines) is 1. The molecule has 1 aromatic carbocycles. The second-order valence-corrected chi connectivity index (χ2v) is 5.98. The molecule has 1 unspecified atom stereocenters. The second kappa shape index (κ2) is 7.55. The van der Waals surface area contributed by atoms with Crippen molar-refractivity contribution < 1.29 is 23.5 Å². The molecule has 0 spiro atoms. The Kier molecular flexibility index (Phi) is 5.73. The lowest BCUT2D eigenvalue weighted by molar-refractivity contribution is -0.142. The highest BCUT2D eigenvalue weighted by Crippen LogP contribution is 2.26. The maximum Gasteiger partial charge on any atom is 0.320 e. The van der Waals surface area contributed by atoms with Crippen molar-refractivity contribution in [1.29, 1.82) is 0 Å². The molecule has 1 aliphatic rings. The summed E-state index contributed by atoms with van der Waals surface area (Å²) >= 11 is 0.436. The van der Waals surface area contributed by atoms with E-state index in [-0.39, 0.29) is 12.5 Å². The first kappa shape index (κ1) is 16.7. The summed E-state index contributed by atoms with van der Waals surface area (Å²) in [6, 6.07) is 5.48. The van der Waals surface area contributed by atoms with Crippen LogP contribution < -0.4 is 5.32 Å². The minimum atomic E-state index is -2.48. The minimum absolute atomic E-state index is 0.00447. The molecule has 1 aliphatic heterocycles. The van der Waals surface area contributed by atoms with Gasteiger partial charge >= 0.3 is 5.97 Å². The molecule has 1 atom stereocenters.